The average Bonchev–Trinajstić information content (AvgIpc) is 2.92. The van der Waals surface area contributed by atoms with Crippen LogP contribution in [0.2, 0.25) is 0 Å². The molecule has 0 aliphatic rings. The summed E-state index contributed by atoms with van der Waals surface area (Å²) >= 11 is 0. The van der Waals surface area contributed by atoms with Crippen molar-refractivity contribution in [1.29, 1.82) is 0 Å². The largest absolute Gasteiger partial charge is 0.378 e. The monoisotopic (exact) mass is 311 g/mol. The number of rotatable bonds is 2. The standard InChI is InChI=1S/C17H21N5O/c1-5-14(22-16(18)19-4)13-9-21-15-10-20-11(8-12(13)15)6-7-17(2,3)23/h8-10,21,23H,5H2,1-4H3,(H2,18,19)/b22-14+. The highest BCUT2D eigenvalue weighted by atomic mass is 16.3. The number of aliphatic hydroxyl groups is 1. The molecule has 2 aromatic heterocycles. The fourth-order valence-electron chi connectivity index (χ4n) is 2.06. The number of nitrogens with one attached hydrogen (secondary N) is 1. The Hall–Kier alpha value is -2.65. The molecule has 2 rings (SSSR count). The SMILES string of the molecule is CC/C(=N\C(N)=NC)c1c[nH]c2cnc(C#CC(C)(C)O)cc12. The normalized spacial score (nSPS) is 13.1. The molecule has 4 N–H and O–H groups in total. The highest BCUT2D eigenvalue weighted by Gasteiger charge is 2.11. The Bertz CT molecular complexity index is 828. The molecule has 0 fully saturated rings. The molecule has 0 saturated carbocycles. The molecule has 0 atom stereocenters. The number of pyridine rings is 1. The first-order chi connectivity index (χ1) is 10.8. The molecule has 6 nitrogen and oxygen atoms in total. The van der Waals surface area contributed by atoms with Gasteiger partial charge in [-0.25, -0.2) is 9.98 Å². The summed E-state index contributed by atoms with van der Waals surface area (Å²) in [6, 6.07) is 1.88. The van der Waals surface area contributed by atoms with E-state index in [1.54, 1.807) is 27.1 Å². The first-order valence-corrected chi connectivity index (χ1v) is 7.37. The second-order valence-electron chi connectivity index (χ2n) is 5.62. The first kappa shape index (κ1) is 16.7. The molecule has 2 heterocycles. The molecular formula is C17H21N5O. The molecule has 23 heavy (non-hydrogen) atoms. The van der Waals surface area contributed by atoms with Crippen molar-refractivity contribution in [2.75, 3.05) is 7.05 Å². The van der Waals surface area contributed by atoms with E-state index in [1.165, 1.54) is 0 Å². The quantitative estimate of drug-likeness (QED) is 0.448. The predicted molar refractivity (Wildman–Crippen MR) is 93.6 cm³/mol. The number of aliphatic imine (C=N–C) groups is 2. The third-order valence-corrected chi connectivity index (χ3v) is 3.19. The zero-order valence-electron chi connectivity index (χ0n) is 13.8. The fraction of sp³-hybridized carbons (Fsp3) is 0.353. The minimum Gasteiger partial charge on any atom is -0.378 e. The predicted octanol–water partition coefficient (Wildman–Crippen LogP) is 1.83. The van der Waals surface area contributed by atoms with E-state index >= 15 is 0 Å². The molecule has 0 aliphatic heterocycles. The third kappa shape index (κ3) is 4.18. The van der Waals surface area contributed by atoms with Crippen LogP contribution in [0, 0.1) is 11.8 Å². The Kier molecular flexibility index (Phi) is 4.82. The third-order valence-electron chi connectivity index (χ3n) is 3.19. The molecule has 0 spiro atoms. The fourth-order valence-corrected chi connectivity index (χ4v) is 2.06. The van der Waals surface area contributed by atoms with Crippen LogP contribution in [0.5, 0.6) is 0 Å². The summed E-state index contributed by atoms with van der Waals surface area (Å²) in [7, 11) is 1.61. The number of H-pyrrole nitrogens is 1. The summed E-state index contributed by atoms with van der Waals surface area (Å²) in [4.78, 5) is 15.7. The van der Waals surface area contributed by atoms with Gasteiger partial charge in [0.2, 0.25) is 5.96 Å². The van der Waals surface area contributed by atoms with Crippen LogP contribution in [0.15, 0.2) is 28.4 Å². The van der Waals surface area contributed by atoms with Gasteiger partial charge in [-0.15, -0.1) is 0 Å². The van der Waals surface area contributed by atoms with E-state index in [0.717, 1.165) is 28.6 Å². The van der Waals surface area contributed by atoms with Crippen LogP contribution in [-0.4, -0.2) is 39.4 Å². The Morgan fingerprint density at radius 3 is 2.83 bits per heavy atom. The summed E-state index contributed by atoms with van der Waals surface area (Å²) < 4.78 is 0. The molecule has 0 aliphatic carbocycles. The smallest absolute Gasteiger partial charge is 0.215 e. The van der Waals surface area contributed by atoms with Crippen molar-refractivity contribution in [1.82, 2.24) is 9.97 Å². The number of aromatic nitrogens is 2. The summed E-state index contributed by atoms with van der Waals surface area (Å²) in [5.41, 5.74) is 7.93. The molecule has 0 radical (unpaired) electrons. The van der Waals surface area contributed by atoms with Crippen molar-refractivity contribution in [3.05, 3.63) is 29.7 Å². The van der Waals surface area contributed by atoms with Gasteiger partial charge in [0.15, 0.2) is 0 Å². The summed E-state index contributed by atoms with van der Waals surface area (Å²) in [5, 5.41) is 10.7. The van der Waals surface area contributed by atoms with Gasteiger partial charge in [-0.3, -0.25) is 4.99 Å². The lowest BCUT2D eigenvalue weighted by Gasteiger charge is -2.06. The Balaban J connectivity index is 2.54. The molecule has 2 aromatic rings. The number of guanidine groups is 1. The van der Waals surface area contributed by atoms with Crippen LogP contribution in [0.1, 0.15) is 38.4 Å². The summed E-state index contributed by atoms with van der Waals surface area (Å²) in [6.07, 6.45) is 4.32. The maximum Gasteiger partial charge on any atom is 0.215 e. The number of fused-ring (bicyclic) bond motifs is 1. The van der Waals surface area contributed by atoms with Crippen molar-refractivity contribution in [2.45, 2.75) is 32.8 Å². The maximum atomic E-state index is 9.71. The average molecular weight is 311 g/mol. The number of hydrogen-bond acceptors (Lipinski definition) is 3. The van der Waals surface area contributed by atoms with E-state index in [9.17, 15) is 5.11 Å². The molecule has 0 aromatic carbocycles. The van der Waals surface area contributed by atoms with Gasteiger partial charge in [0.1, 0.15) is 11.3 Å². The molecule has 120 valence electrons. The molecule has 6 heteroatoms. The van der Waals surface area contributed by atoms with Crippen LogP contribution < -0.4 is 5.73 Å². The van der Waals surface area contributed by atoms with Gasteiger partial charge >= 0.3 is 0 Å². The first-order valence-electron chi connectivity index (χ1n) is 7.37. The van der Waals surface area contributed by atoms with E-state index < -0.39 is 5.60 Å². The van der Waals surface area contributed by atoms with Crippen molar-refractivity contribution in [2.24, 2.45) is 15.7 Å². The van der Waals surface area contributed by atoms with Gasteiger partial charge in [-0.2, -0.15) is 0 Å². The molecule has 0 amide bonds. The number of hydrogen-bond donors (Lipinski definition) is 3. The lowest BCUT2D eigenvalue weighted by Crippen LogP contribution is -2.14. The second kappa shape index (κ2) is 6.63. The van der Waals surface area contributed by atoms with Gasteiger partial charge in [-0.1, -0.05) is 12.8 Å². The molecular weight excluding hydrogens is 290 g/mol. The lowest BCUT2D eigenvalue weighted by molar-refractivity contribution is 0.143. The van der Waals surface area contributed by atoms with Crippen LogP contribution in [0.4, 0.5) is 0 Å². The zero-order chi connectivity index (χ0) is 17.0. The minimum absolute atomic E-state index is 0.243. The maximum absolute atomic E-state index is 9.71. The van der Waals surface area contributed by atoms with E-state index in [1.807, 2.05) is 19.2 Å². The minimum atomic E-state index is -1.06. The van der Waals surface area contributed by atoms with Crippen molar-refractivity contribution >= 4 is 22.6 Å². The number of nitrogens with zero attached hydrogens (tertiary/aromatic N) is 3. The molecule has 0 unspecified atom stereocenters. The van der Waals surface area contributed by atoms with Crippen LogP contribution >= 0.6 is 0 Å². The van der Waals surface area contributed by atoms with Crippen molar-refractivity contribution < 1.29 is 5.11 Å². The highest BCUT2D eigenvalue weighted by molar-refractivity contribution is 6.14. The van der Waals surface area contributed by atoms with Gasteiger partial charge in [-0.05, 0) is 32.3 Å². The van der Waals surface area contributed by atoms with Crippen LogP contribution in [0.25, 0.3) is 10.9 Å². The van der Waals surface area contributed by atoms with Crippen LogP contribution in [0.3, 0.4) is 0 Å². The highest BCUT2D eigenvalue weighted by Crippen LogP contribution is 2.20. The Morgan fingerprint density at radius 2 is 2.22 bits per heavy atom. The van der Waals surface area contributed by atoms with Crippen molar-refractivity contribution in [3.8, 4) is 11.8 Å². The van der Waals surface area contributed by atoms with E-state index in [0.29, 0.717) is 5.69 Å². The van der Waals surface area contributed by atoms with Crippen molar-refractivity contribution in [3.63, 3.8) is 0 Å². The topological polar surface area (TPSA) is 99.7 Å². The molecule has 0 bridgehead atoms. The van der Waals surface area contributed by atoms with E-state index in [4.69, 9.17) is 5.73 Å². The van der Waals surface area contributed by atoms with E-state index in [2.05, 4.69) is 31.8 Å². The number of nitrogens with two attached hydrogens (primary N) is 1. The van der Waals surface area contributed by atoms with Gasteiger partial charge < -0.3 is 15.8 Å². The van der Waals surface area contributed by atoms with Gasteiger partial charge in [0.05, 0.1) is 17.4 Å². The lowest BCUT2D eigenvalue weighted by atomic mass is 10.1. The molecule has 0 saturated heterocycles. The summed E-state index contributed by atoms with van der Waals surface area (Å²) in [6.45, 7) is 5.28. The Morgan fingerprint density at radius 1 is 1.48 bits per heavy atom. The second-order valence-corrected chi connectivity index (χ2v) is 5.62. The van der Waals surface area contributed by atoms with Crippen LogP contribution in [-0.2, 0) is 0 Å². The van der Waals surface area contributed by atoms with E-state index in [-0.39, 0.29) is 5.96 Å². The Labute approximate surface area is 135 Å². The van der Waals surface area contributed by atoms with Gasteiger partial charge in [0.25, 0.3) is 0 Å². The van der Waals surface area contributed by atoms with Gasteiger partial charge in [0, 0.05) is 24.2 Å². The number of aromatic amines is 1. The summed E-state index contributed by atoms with van der Waals surface area (Å²) in [5.74, 6) is 5.89. The zero-order valence-corrected chi connectivity index (χ0v) is 13.8.